The van der Waals surface area contributed by atoms with Crippen molar-refractivity contribution >= 4 is 45.9 Å². The van der Waals surface area contributed by atoms with Crippen molar-refractivity contribution in [1.82, 2.24) is 24.8 Å². The molecule has 0 aliphatic carbocycles. The Morgan fingerprint density at radius 2 is 1.75 bits per heavy atom. The van der Waals surface area contributed by atoms with Gasteiger partial charge >= 0.3 is 0 Å². The van der Waals surface area contributed by atoms with Crippen molar-refractivity contribution in [2.24, 2.45) is 0 Å². The molecule has 1 aliphatic heterocycles. The molecular weight excluding hydrogens is 490 g/mol. The van der Waals surface area contributed by atoms with E-state index in [0.29, 0.717) is 23.5 Å². The van der Waals surface area contributed by atoms with E-state index in [1.807, 2.05) is 67.7 Å². The molecule has 10 heteroatoms. The van der Waals surface area contributed by atoms with Crippen molar-refractivity contribution < 1.29 is 4.79 Å². The average Bonchev–Trinajstić information content (AvgIpc) is 3.30. The monoisotopic (exact) mass is 517 g/mol. The standard InChI is InChI=1S/C26H27N7OS2/c1-18-17-27-25(35-18)29-23-28-24(33-14-12-32(2)13-15-33)31-26(30-23)36-21-10-8-19(9-11-21)16-22(34)20-6-4-3-5-7-20/h3-11,17H,12-16H2,1-2H3,(H,27,28,29,30,31). The zero-order chi connectivity index (χ0) is 24.9. The molecule has 5 rings (SSSR count). The summed E-state index contributed by atoms with van der Waals surface area (Å²) in [6.07, 6.45) is 2.20. The maximum absolute atomic E-state index is 12.5. The van der Waals surface area contributed by atoms with Crippen molar-refractivity contribution in [2.75, 3.05) is 43.4 Å². The summed E-state index contributed by atoms with van der Waals surface area (Å²) in [5.74, 6) is 1.26. The molecule has 1 saturated heterocycles. The van der Waals surface area contributed by atoms with Crippen molar-refractivity contribution in [3.63, 3.8) is 0 Å². The van der Waals surface area contributed by atoms with Gasteiger partial charge in [0, 0.05) is 54.1 Å². The van der Waals surface area contributed by atoms with E-state index >= 15 is 0 Å². The number of likely N-dealkylation sites (N-methyl/N-ethyl adjacent to an activating group) is 1. The second-order valence-corrected chi connectivity index (χ2v) is 10.9. The third kappa shape index (κ3) is 6.26. The predicted octanol–water partition coefficient (Wildman–Crippen LogP) is 4.71. The number of rotatable bonds is 8. The molecule has 8 nitrogen and oxygen atoms in total. The van der Waals surface area contributed by atoms with Crippen LogP contribution in [0.1, 0.15) is 20.8 Å². The number of anilines is 3. The predicted molar refractivity (Wildman–Crippen MR) is 145 cm³/mol. The minimum Gasteiger partial charge on any atom is -0.338 e. The third-order valence-corrected chi connectivity index (χ3v) is 7.52. The molecule has 0 amide bonds. The molecule has 184 valence electrons. The van der Waals surface area contributed by atoms with E-state index < -0.39 is 0 Å². The molecule has 1 aliphatic rings. The maximum atomic E-state index is 12.5. The minimum absolute atomic E-state index is 0.110. The number of aryl methyl sites for hydroxylation is 1. The molecule has 0 radical (unpaired) electrons. The van der Waals surface area contributed by atoms with Crippen LogP contribution in [0.3, 0.4) is 0 Å². The Bertz CT molecular complexity index is 1320. The van der Waals surface area contributed by atoms with Gasteiger partial charge < -0.3 is 9.80 Å². The Kier molecular flexibility index (Phi) is 7.55. The van der Waals surface area contributed by atoms with Gasteiger partial charge in [-0.2, -0.15) is 15.0 Å². The van der Waals surface area contributed by atoms with Crippen molar-refractivity contribution in [3.05, 3.63) is 76.8 Å². The first-order valence-corrected chi connectivity index (χ1v) is 13.4. The quantitative estimate of drug-likeness (QED) is 0.334. The number of ketones is 1. The van der Waals surface area contributed by atoms with Crippen LogP contribution in [0, 0.1) is 6.92 Å². The molecule has 2 aromatic carbocycles. The lowest BCUT2D eigenvalue weighted by Crippen LogP contribution is -2.45. The van der Waals surface area contributed by atoms with Crippen molar-refractivity contribution in [1.29, 1.82) is 0 Å². The maximum Gasteiger partial charge on any atom is 0.234 e. The summed E-state index contributed by atoms with van der Waals surface area (Å²) < 4.78 is 0. The summed E-state index contributed by atoms with van der Waals surface area (Å²) >= 11 is 3.04. The third-order valence-electron chi connectivity index (χ3n) is 5.82. The van der Waals surface area contributed by atoms with E-state index in [4.69, 9.17) is 9.97 Å². The first-order valence-electron chi connectivity index (χ1n) is 11.8. The summed E-state index contributed by atoms with van der Waals surface area (Å²) in [6, 6.07) is 17.4. The topological polar surface area (TPSA) is 87.1 Å². The molecule has 4 aromatic rings. The molecule has 0 unspecified atom stereocenters. The van der Waals surface area contributed by atoms with E-state index in [9.17, 15) is 4.79 Å². The van der Waals surface area contributed by atoms with E-state index in [0.717, 1.165) is 52.2 Å². The van der Waals surface area contributed by atoms with Crippen LogP contribution in [0.25, 0.3) is 0 Å². The SMILES string of the molecule is Cc1cnc(Nc2nc(Sc3ccc(CC(=O)c4ccccc4)cc3)nc(N3CCN(C)CC3)n2)s1. The van der Waals surface area contributed by atoms with Gasteiger partial charge in [0.2, 0.25) is 11.9 Å². The molecule has 36 heavy (non-hydrogen) atoms. The number of benzene rings is 2. The highest BCUT2D eigenvalue weighted by atomic mass is 32.2. The number of nitrogens with one attached hydrogen (secondary N) is 1. The molecule has 0 bridgehead atoms. The zero-order valence-corrected chi connectivity index (χ0v) is 21.9. The van der Waals surface area contributed by atoms with Crippen LogP contribution in [-0.4, -0.2) is 63.8 Å². The van der Waals surface area contributed by atoms with E-state index in [1.165, 1.54) is 11.8 Å². The van der Waals surface area contributed by atoms with Crippen LogP contribution in [-0.2, 0) is 6.42 Å². The Hall–Kier alpha value is -3.34. The number of carbonyl (C=O) groups is 1. The van der Waals surface area contributed by atoms with Gasteiger partial charge in [0.15, 0.2) is 16.1 Å². The van der Waals surface area contributed by atoms with E-state index in [-0.39, 0.29) is 5.78 Å². The number of hydrogen-bond acceptors (Lipinski definition) is 10. The van der Waals surface area contributed by atoms with Gasteiger partial charge in [0.25, 0.3) is 0 Å². The zero-order valence-electron chi connectivity index (χ0n) is 20.2. The highest BCUT2D eigenvalue weighted by Crippen LogP contribution is 2.29. The minimum atomic E-state index is 0.110. The van der Waals surface area contributed by atoms with Gasteiger partial charge in [-0.3, -0.25) is 10.1 Å². The van der Waals surface area contributed by atoms with Crippen LogP contribution >= 0.6 is 23.1 Å². The Balaban J connectivity index is 1.33. The van der Waals surface area contributed by atoms with Gasteiger partial charge in [-0.1, -0.05) is 42.5 Å². The molecular formula is C26H27N7OS2. The molecule has 2 aromatic heterocycles. The summed E-state index contributed by atoms with van der Waals surface area (Å²) in [5.41, 5.74) is 1.71. The van der Waals surface area contributed by atoms with Gasteiger partial charge in [0.1, 0.15) is 0 Å². The largest absolute Gasteiger partial charge is 0.338 e. The summed E-state index contributed by atoms with van der Waals surface area (Å²) in [7, 11) is 2.13. The van der Waals surface area contributed by atoms with Crippen molar-refractivity contribution in [3.8, 4) is 0 Å². The summed E-state index contributed by atoms with van der Waals surface area (Å²) in [5, 5.41) is 4.61. The average molecular weight is 518 g/mol. The number of carbonyl (C=O) groups excluding carboxylic acids is 1. The second kappa shape index (κ2) is 11.2. The van der Waals surface area contributed by atoms with Crippen molar-refractivity contribution in [2.45, 2.75) is 23.4 Å². The number of piperazine rings is 1. The van der Waals surface area contributed by atoms with Crippen LogP contribution in [0.15, 0.2) is 70.8 Å². The Morgan fingerprint density at radius 3 is 2.44 bits per heavy atom. The fraction of sp³-hybridized carbons (Fsp3) is 0.269. The van der Waals surface area contributed by atoms with Crippen LogP contribution in [0.2, 0.25) is 0 Å². The number of Topliss-reactive ketones (excluding diaryl/α,β-unsaturated/α-hetero) is 1. The van der Waals surface area contributed by atoms with Crippen LogP contribution < -0.4 is 10.2 Å². The Labute approximate surface area is 218 Å². The van der Waals surface area contributed by atoms with Gasteiger partial charge in [0.05, 0.1) is 0 Å². The van der Waals surface area contributed by atoms with Crippen LogP contribution in [0.5, 0.6) is 0 Å². The Morgan fingerprint density at radius 1 is 1.00 bits per heavy atom. The lowest BCUT2D eigenvalue weighted by atomic mass is 10.0. The number of hydrogen-bond donors (Lipinski definition) is 1. The first kappa shape index (κ1) is 24.4. The smallest absolute Gasteiger partial charge is 0.234 e. The first-order chi connectivity index (χ1) is 17.5. The van der Waals surface area contributed by atoms with Gasteiger partial charge in [-0.05, 0) is 43.4 Å². The lowest BCUT2D eigenvalue weighted by molar-refractivity contribution is 0.0993. The summed E-state index contributed by atoms with van der Waals surface area (Å²) in [4.78, 5) is 37.7. The van der Waals surface area contributed by atoms with E-state index in [1.54, 1.807) is 11.3 Å². The fourth-order valence-electron chi connectivity index (χ4n) is 3.80. The number of thiazole rings is 1. The highest BCUT2D eigenvalue weighted by Gasteiger charge is 2.19. The molecule has 3 heterocycles. The lowest BCUT2D eigenvalue weighted by Gasteiger charge is -2.32. The second-order valence-electron chi connectivity index (χ2n) is 8.64. The highest BCUT2D eigenvalue weighted by molar-refractivity contribution is 7.99. The molecule has 0 atom stereocenters. The number of nitrogens with zero attached hydrogens (tertiary/aromatic N) is 6. The molecule has 0 spiro atoms. The van der Waals surface area contributed by atoms with E-state index in [2.05, 4.69) is 32.1 Å². The molecule has 0 saturated carbocycles. The van der Waals surface area contributed by atoms with Crippen LogP contribution in [0.4, 0.5) is 17.0 Å². The van der Waals surface area contributed by atoms with Gasteiger partial charge in [-0.15, -0.1) is 11.3 Å². The molecule has 1 N–H and O–H groups in total. The fourth-order valence-corrected chi connectivity index (χ4v) is 5.20. The van der Waals surface area contributed by atoms with Gasteiger partial charge in [-0.25, -0.2) is 4.98 Å². The normalized spacial score (nSPS) is 14.1. The summed E-state index contributed by atoms with van der Waals surface area (Å²) in [6.45, 7) is 5.68. The molecule has 1 fully saturated rings. The number of aromatic nitrogens is 4.